The third-order valence-corrected chi connectivity index (χ3v) is 4.35. The van der Waals surface area contributed by atoms with Crippen molar-refractivity contribution in [1.82, 2.24) is 0 Å². The van der Waals surface area contributed by atoms with Crippen LogP contribution in [0.25, 0.3) is 11.6 Å². The number of nitriles is 1. The van der Waals surface area contributed by atoms with E-state index in [2.05, 4.69) is 6.07 Å². The van der Waals surface area contributed by atoms with Crippen molar-refractivity contribution < 1.29 is 13.9 Å². The summed E-state index contributed by atoms with van der Waals surface area (Å²) < 4.78 is 24.4. The van der Waals surface area contributed by atoms with Crippen LogP contribution in [0, 0.1) is 17.1 Å². The van der Waals surface area contributed by atoms with E-state index in [1.54, 1.807) is 30.3 Å². The molecule has 3 aromatic rings. The van der Waals surface area contributed by atoms with Crippen molar-refractivity contribution in [1.29, 1.82) is 5.26 Å². The Morgan fingerprint density at radius 1 is 1.11 bits per heavy atom. The molecule has 0 bridgehead atoms. The van der Waals surface area contributed by atoms with Gasteiger partial charge in [-0.05, 0) is 47.0 Å². The van der Waals surface area contributed by atoms with Gasteiger partial charge in [0.2, 0.25) is 0 Å². The second-order valence-corrected chi connectivity index (χ2v) is 6.39. The van der Waals surface area contributed by atoms with E-state index in [1.165, 1.54) is 19.2 Å². The van der Waals surface area contributed by atoms with Crippen LogP contribution in [-0.4, -0.2) is 7.11 Å². The first kappa shape index (κ1) is 19.5. The van der Waals surface area contributed by atoms with E-state index >= 15 is 0 Å². The lowest BCUT2D eigenvalue weighted by Gasteiger charge is -2.13. The van der Waals surface area contributed by atoms with Crippen LogP contribution >= 0.6 is 11.6 Å². The van der Waals surface area contributed by atoms with E-state index in [4.69, 9.17) is 21.1 Å². The molecule has 0 amide bonds. The summed E-state index contributed by atoms with van der Waals surface area (Å²) >= 11 is 6.41. The maximum absolute atomic E-state index is 13.1. The van der Waals surface area contributed by atoms with Crippen LogP contribution < -0.4 is 9.47 Å². The Morgan fingerprint density at radius 2 is 1.82 bits per heavy atom. The molecule has 0 heterocycles. The lowest BCUT2D eigenvalue weighted by atomic mass is 10.0. The largest absolute Gasteiger partial charge is 0.493 e. The molecular weight excluding hydrogens is 377 g/mol. The van der Waals surface area contributed by atoms with E-state index in [1.807, 2.05) is 30.3 Å². The molecule has 0 aromatic heterocycles. The Morgan fingerprint density at radius 3 is 2.46 bits per heavy atom. The Labute approximate surface area is 168 Å². The van der Waals surface area contributed by atoms with Gasteiger partial charge in [0.1, 0.15) is 12.4 Å². The van der Waals surface area contributed by atoms with Crippen molar-refractivity contribution >= 4 is 23.3 Å². The highest BCUT2D eigenvalue weighted by molar-refractivity contribution is 6.32. The minimum atomic E-state index is -0.356. The molecular formula is C23H17ClFNO2. The monoisotopic (exact) mass is 393 g/mol. The predicted octanol–water partition coefficient (Wildman–Crippen LogP) is 6.13. The van der Waals surface area contributed by atoms with E-state index in [0.717, 1.165) is 5.56 Å². The number of methoxy groups -OCH3 is 1. The van der Waals surface area contributed by atoms with Gasteiger partial charge in [-0.1, -0.05) is 54.1 Å². The van der Waals surface area contributed by atoms with Crippen LogP contribution in [0.4, 0.5) is 4.39 Å². The van der Waals surface area contributed by atoms with Gasteiger partial charge >= 0.3 is 0 Å². The molecule has 0 atom stereocenters. The number of rotatable bonds is 6. The van der Waals surface area contributed by atoms with Gasteiger partial charge in [0.25, 0.3) is 0 Å². The molecule has 0 aliphatic heterocycles. The molecule has 3 rings (SSSR count). The Kier molecular flexibility index (Phi) is 6.31. The minimum absolute atomic E-state index is 0.352. The molecule has 0 saturated carbocycles. The topological polar surface area (TPSA) is 42.2 Å². The zero-order chi connectivity index (χ0) is 19.9. The molecule has 3 aromatic carbocycles. The number of halogens is 2. The predicted molar refractivity (Wildman–Crippen MR) is 109 cm³/mol. The van der Waals surface area contributed by atoms with E-state index in [0.29, 0.717) is 39.8 Å². The third-order valence-electron chi connectivity index (χ3n) is 4.06. The molecule has 3 nitrogen and oxygen atoms in total. The van der Waals surface area contributed by atoms with Crippen molar-refractivity contribution in [2.24, 2.45) is 0 Å². The highest BCUT2D eigenvalue weighted by Crippen LogP contribution is 2.38. The lowest BCUT2D eigenvalue weighted by Crippen LogP contribution is -1.99. The van der Waals surface area contributed by atoms with Crippen molar-refractivity contribution in [3.05, 3.63) is 94.3 Å². The van der Waals surface area contributed by atoms with Gasteiger partial charge in [-0.25, -0.2) is 4.39 Å². The van der Waals surface area contributed by atoms with Gasteiger partial charge in [-0.2, -0.15) is 5.26 Å². The lowest BCUT2D eigenvalue weighted by molar-refractivity contribution is 0.284. The fourth-order valence-electron chi connectivity index (χ4n) is 2.67. The molecule has 0 aliphatic rings. The van der Waals surface area contributed by atoms with Gasteiger partial charge in [-0.15, -0.1) is 0 Å². The maximum Gasteiger partial charge on any atom is 0.180 e. The molecule has 0 aliphatic carbocycles. The van der Waals surface area contributed by atoms with Gasteiger partial charge < -0.3 is 9.47 Å². The van der Waals surface area contributed by atoms with E-state index in [-0.39, 0.29) is 5.82 Å². The standard InChI is InChI=1S/C23H17ClFNO2/c1-27-22-13-17(11-19(14-26)18-7-9-20(25)10-8-18)12-21(24)23(22)28-15-16-5-3-2-4-6-16/h2-13H,15H2,1H3/b19-11-. The molecule has 0 spiro atoms. The van der Waals surface area contributed by atoms with E-state index in [9.17, 15) is 9.65 Å². The molecule has 28 heavy (non-hydrogen) atoms. The average molecular weight is 394 g/mol. The second kappa shape index (κ2) is 9.07. The summed E-state index contributed by atoms with van der Waals surface area (Å²) in [7, 11) is 1.53. The molecule has 140 valence electrons. The van der Waals surface area contributed by atoms with E-state index < -0.39 is 0 Å². The Balaban J connectivity index is 1.89. The van der Waals surface area contributed by atoms with Crippen LogP contribution in [0.15, 0.2) is 66.7 Å². The average Bonchev–Trinajstić information content (AvgIpc) is 2.72. The number of nitrogens with zero attached hydrogens (tertiary/aromatic N) is 1. The zero-order valence-electron chi connectivity index (χ0n) is 15.2. The van der Waals surface area contributed by atoms with Crippen molar-refractivity contribution in [3.63, 3.8) is 0 Å². The van der Waals surface area contributed by atoms with Gasteiger partial charge in [-0.3, -0.25) is 0 Å². The second-order valence-electron chi connectivity index (χ2n) is 5.99. The Bertz CT molecular complexity index is 1020. The third kappa shape index (κ3) is 4.70. The first-order valence-corrected chi connectivity index (χ1v) is 8.90. The highest BCUT2D eigenvalue weighted by atomic mass is 35.5. The molecule has 0 fully saturated rings. The number of hydrogen-bond acceptors (Lipinski definition) is 3. The molecule has 5 heteroatoms. The summed E-state index contributed by atoms with van der Waals surface area (Å²) in [5, 5.41) is 9.84. The molecule has 0 radical (unpaired) electrons. The number of hydrogen-bond donors (Lipinski definition) is 0. The first-order valence-electron chi connectivity index (χ1n) is 8.52. The van der Waals surface area contributed by atoms with Crippen LogP contribution in [0.5, 0.6) is 11.5 Å². The summed E-state index contributed by atoms with van der Waals surface area (Å²) in [4.78, 5) is 0. The Hall–Kier alpha value is -3.29. The van der Waals surface area contributed by atoms with Crippen molar-refractivity contribution in [2.75, 3.05) is 7.11 Å². The van der Waals surface area contributed by atoms with Gasteiger partial charge in [0.15, 0.2) is 11.5 Å². The molecule has 0 N–H and O–H groups in total. The van der Waals surface area contributed by atoms with Crippen LogP contribution in [0.1, 0.15) is 16.7 Å². The fourth-order valence-corrected chi connectivity index (χ4v) is 2.94. The minimum Gasteiger partial charge on any atom is -0.493 e. The summed E-state index contributed by atoms with van der Waals surface area (Å²) in [5.74, 6) is 0.544. The van der Waals surface area contributed by atoms with Crippen LogP contribution in [0.2, 0.25) is 5.02 Å². The summed E-state index contributed by atoms with van der Waals surface area (Å²) in [6, 6.07) is 21.0. The normalized spacial score (nSPS) is 11.0. The van der Waals surface area contributed by atoms with Crippen LogP contribution in [-0.2, 0) is 6.61 Å². The van der Waals surface area contributed by atoms with Crippen molar-refractivity contribution in [2.45, 2.75) is 6.61 Å². The number of allylic oxidation sites excluding steroid dienone is 1. The summed E-state index contributed by atoms with van der Waals surface area (Å²) in [6.07, 6.45) is 1.67. The number of ether oxygens (including phenoxy) is 2. The molecule has 0 unspecified atom stereocenters. The van der Waals surface area contributed by atoms with Crippen molar-refractivity contribution in [3.8, 4) is 17.6 Å². The van der Waals surface area contributed by atoms with Gasteiger partial charge in [0.05, 0.1) is 23.8 Å². The van der Waals surface area contributed by atoms with Crippen LogP contribution in [0.3, 0.4) is 0 Å². The quantitative estimate of drug-likeness (QED) is 0.373. The summed E-state index contributed by atoms with van der Waals surface area (Å²) in [5.41, 5.74) is 2.68. The fraction of sp³-hybridized carbons (Fsp3) is 0.0870. The van der Waals surface area contributed by atoms with Gasteiger partial charge in [0, 0.05) is 0 Å². The smallest absolute Gasteiger partial charge is 0.180 e. The SMILES string of the molecule is COc1cc(/C=C(/C#N)c2ccc(F)cc2)cc(Cl)c1OCc1ccccc1. The molecule has 0 saturated heterocycles. The zero-order valence-corrected chi connectivity index (χ0v) is 15.9. The highest BCUT2D eigenvalue weighted by Gasteiger charge is 2.13. The first-order chi connectivity index (χ1) is 13.6. The number of benzene rings is 3. The summed E-state index contributed by atoms with van der Waals surface area (Å²) in [6.45, 7) is 0.352. The maximum atomic E-state index is 13.1.